The molecule has 0 saturated carbocycles. The van der Waals surface area contributed by atoms with Crippen LogP contribution >= 0.6 is 11.8 Å². The summed E-state index contributed by atoms with van der Waals surface area (Å²) in [5.41, 5.74) is 2.43. The minimum Gasteiger partial charge on any atom is -0.299 e. The summed E-state index contributed by atoms with van der Waals surface area (Å²) >= 11 is 1.84. The molecule has 0 aromatic heterocycles. The summed E-state index contributed by atoms with van der Waals surface area (Å²) in [5, 5.41) is 0.383. The molecule has 0 heterocycles. The number of hydrogen-bond donors (Lipinski definition) is 0. The number of benzene rings is 1. The van der Waals surface area contributed by atoms with Crippen LogP contribution in [0.25, 0.3) is 0 Å². The number of thioether (sulfide) groups is 1. The minimum absolute atomic E-state index is 0.383. The lowest BCUT2D eigenvalue weighted by Gasteiger charge is -2.13. The topological polar surface area (TPSA) is 17.1 Å². The Bertz CT molecular complexity index is 428. The van der Waals surface area contributed by atoms with Gasteiger partial charge in [-0.3, -0.25) is 4.79 Å². The van der Waals surface area contributed by atoms with Crippen molar-refractivity contribution in [2.75, 3.05) is 0 Å². The van der Waals surface area contributed by atoms with Gasteiger partial charge in [0, 0.05) is 10.1 Å². The first-order chi connectivity index (χ1) is 8.61. The van der Waals surface area contributed by atoms with Gasteiger partial charge in [0.2, 0.25) is 0 Å². The fourth-order valence-electron chi connectivity index (χ4n) is 1.68. The Morgan fingerprint density at radius 2 is 1.89 bits per heavy atom. The molecule has 0 bridgehead atoms. The van der Waals surface area contributed by atoms with Crippen molar-refractivity contribution in [3.63, 3.8) is 0 Å². The van der Waals surface area contributed by atoms with Crippen LogP contribution in [0.1, 0.15) is 27.2 Å². The van der Waals surface area contributed by atoms with Crippen molar-refractivity contribution in [1.82, 2.24) is 0 Å². The van der Waals surface area contributed by atoms with Gasteiger partial charge in [0.05, 0.1) is 0 Å². The smallest absolute Gasteiger partial charge is 0.142 e. The van der Waals surface area contributed by atoms with Gasteiger partial charge in [-0.2, -0.15) is 0 Å². The number of aldehydes is 1. The van der Waals surface area contributed by atoms with E-state index >= 15 is 0 Å². The van der Waals surface area contributed by atoms with Gasteiger partial charge in [-0.25, -0.2) is 0 Å². The molecule has 0 aliphatic carbocycles. The zero-order chi connectivity index (χ0) is 13.4. The molecule has 0 aliphatic rings. The van der Waals surface area contributed by atoms with E-state index in [1.807, 2.05) is 24.8 Å². The first-order valence-electron chi connectivity index (χ1n) is 6.09. The Balaban J connectivity index is 2.76. The molecule has 0 spiro atoms. The van der Waals surface area contributed by atoms with Crippen LogP contribution in [0.4, 0.5) is 0 Å². The third-order valence-corrected chi connectivity index (χ3v) is 3.58. The van der Waals surface area contributed by atoms with Gasteiger partial charge < -0.3 is 0 Å². The maximum Gasteiger partial charge on any atom is 0.142 e. The maximum absolute atomic E-state index is 10.5. The number of rotatable bonds is 6. The normalized spacial score (nSPS) is 12.9. The van der Waals surface area contributed by atoms with E-state index in [0.717, 1.165) is 18.3 Å². The average molecular weight is 260 g/mol. The SMILES string of the molecule is CC(C)=CC(C/C(C)=C/C=O)Sc1ccccc1. The lowest BCUT2D eigenvalue weighted by atomic mass is 10.1. The van der Waals surface area contributed by atoms with Crippen LogP contribution < -0.4 is 0 Å². The van der Waals surface area contributed by atoms with Crippen LogP contribution in [0.15, 0.2) is 58.5 Å². The second-order valence-corrected chi connectivity index (χ2v) is 5.88. The van der Waals surface area contributed by atoms with Gasteiger partial charge >= 0.3 is 0 Å². The molecular weight excluding hydrogens is 240 g/mol. The van der Waals surface area contributed by atoms with Crippen molar-refractivity contribution in [3.05, 3.63) is 53.6 Å². The molecule has 0 saturated heterocycles. The Labute approximate surface area is 114 Å². The zero-order valence-corrected chi connectivity index (χ0v) is 12.0. The van der Waals surface area contributed by atoms with Gasteiger partial charge in [0.1, 0.15) is 6.29 Å². The van der Waals surface area contributed by atoms with Gasteiger partial charge in [-0.15, -0.1) is 11.8 Å². The van der Waals surface area contributed by atoms with Crippen LogP contribution in [0.3, 0.4) is 0 Å². The molecule has 18 heavy (non-hydrogen) atoms. The van der Waals surface area contributed by atoms with E-state index in [2.05, 4.69) is 44.2 Å². The molecule has 96 valence electrons. The standard InChI is InChI=1S/C16H20OS/c1-13(2)11-16(12-14(3)9-10-17)18-15-7-5-4-6-8-15/h4-11,16H,12H2,1-3H3/b14-9+. The highest BCUT2D eigenvalue weighted by Crippen LogP contribution is 2.28. The van der Waals surface area contributed by atoms with Gasteiger partial charge in [0.25, 0.3) is 0 Å². The molecule has 0 amide bonds. The Kier molecular flexibility index (Phi) is 6.51. The first-order valence-corrected chi connectivity index (χ1v) is 6.97. The van der Waals surface area contributed by atoms with Gasteiger partial charge in [-0.05, 0) is 45.4 Å². The van der Waals surface area contributed by atoms with E-state index in [-0.39, 0.29) is 0 Å². The number of carbonyl (C=O) groups is 1. The number of allylic oxidation sites excluding steroid dienone is 3. The lowest BCUT2D eigenvalue weighted by Crippen LogP contribution is -2.00. The molecule has 1 nitrogen and oxygen atoms in total. The third-order valence-electron chi connectivity index (χ3n) is 2.43. The molecule has 2 heteroatoms. The highest BCUT2D eigenvalue weighted by atomic mass is 32.2. The monoisotopic (exact) mass is 260 g/mol. The summed E-state index contributed by atoms with van der Waals surface area (Å²) in [6.07, 6.45) is 5.68. The molecule has 0 fully saturated rings. The van der Waals surface area contributed by atoms with E-state index in [1.54, 1.807) is 6.08 Å². The first kappa shape index (κ1) is 14.8. The molecule has 0 aliphatic heterocycles. The highest BCUT2D eigenvalue weighted by Gasteiger charge is 2.08. The second kappa shape index (κ2) is 7.93. The summed E-state index contributed by atoms with van der Waals surface area (Å²) in [7, 11) is 0. The van der Waals surface area contributed by atoms with Crippen molar-refractivity contribution < 1.29 is 4.79 Å². The summed E-state index contributed by atoms with van der Waals surface area (Å²) in [6.45, 7) is 6.22. The van der Waals surface area contributed by atoms with Crippen LogP contribution in [0.2, 0.25) is 0 Å². The fraction of sp³-hybridized carbons (Fsp3) is 0.312. The third kappa shape index (κ3) is 5.87. The van der Waals surface area contributed by atoms with Crippen molar-refractivity contribution in [2.24, 2.45) is 0 Å². The summed E-state index contributed by atoms with van der Waals surface area (Å²) in [6, 6.07) is 10.4. The molecule has 1 unspecified atom stereocenters. The van der Waals surface area contributed by atoms with Crippen LogP contribution in [0, 0.1) is 0 Å². The number of hydrogen-bond acceptors (Lipinski definition) is 2. The Hall–Kier alpha value is -1.28. The van der Waals surface area contributed by atoms with E-state index in [0.29, 0.717) is 5.25 Å². The highest BCUT2D eigenvalue weighted by molar-refractivity contribution is 8.00. The van der Waals surface area contributed by atoms with Crippen molar-refractivity contribution in [1.29, 1.82) is 0 Å². The van der Waals surface area contributed by atoms with E-state index in [1.165, 1.54) is 10.5 Å². The average Bonchev–Trinajstić information content (AvgIpc) is 2.29. The Morgan fingerprint density at radius 1 is 1.22 bits per heavy atom. The van der Waals surface area contributed by atoms with Crippen molar-refractivity contribution in [2.45, 2.75) is 37.3 Å². The van der Waals surface area contributed by atoms with Gasteiger partial charge in [0.15, 0.2) is 0 Å². The van der Waals surface area contributed by atoms with Crippen molar-refractivity contribution in [3.8, 4) is 0 Å². The van der Waals surface area contributed by atoms with Crippen LogP contribution in [-0.2, 0) is 4.79 Å². The fourth-order valence-corrected chi connectivity index (χ4v) is 3.03. The van der Waals surface area contributed by atoms with E-state index in [4.69, 9.17) is 0 Å². The molecule has 1 aromatic rings. The quantitative estimate of drug-likeness (QED) is 0.320. The molecule has 1 aromatic carbocycles. The predicted molar refractivity (Wildman–Crippen MR) is 80.0 cm³/mol. The maximum atomic E-state index is 10.5. The van der Waals surface area contributed by atoms with Crippen LogP contribution in [0.5, 0.6) is 0 Å². The molecule has 1 atom stereocenters. The summed E-state index contributed by atoms with van der Waals surface area (Å²) in [4.78, 5) is 11.7. The van der Waals surface area contributed by atoms with Crippen LogP contribution in [-0.4, -0.2) is 11.5 Å². The summed E-state index contributed by atoms with van der Waals surface area (Å²) < 4.78 is 0. The minimum atomic E-state index is 0.383. The lowest BCUT2D eigenvalue weighted by molar-refractivity contribution is -0.104. The van der Waals surface area contributed by atoms with Gasteiger partial charge in [-0.1, -0.05) is 35.4 Å². The van der Waals surface area contributed by atoms with Crippen molar-refractivity contribution >= 4 is 18.0 Å². The molecule has 1 rings (SSSR count). The molecule has 0 radical (unpaired) electrons. The zero-order valence-electron chi connectivity index (χ0n) is 11.2. The largest absolute Gasteiger partial charge is 0.299 e. The second-order valence-electron chi connectivity index (χ2n) is 4.57. The molecular formula is C16H20OS. The van der Waals surface area contributed by atoms with E-state index < -0.39 is 0 Å². The molecule has 0 N–H and O–H groups in total. The predicted octanol–water partition coefficient (Wildman–Crippen LogP) is 4.65. The van der Waals surface area contributed by atoms with E-state index in [9.17, 15) is 4.79 Å². The Morgan fingerprint density at radius 3 is 2.44 bits per heavy atom. The number of carbonyl (C=O) groups excluding carboxylic acids is 1. The summed E-state index contributed by atoms with van der Waals surface area (Å²) in [5.74, 6) is 0.